The third-order valence-electron chi connectivity index (χ3n) is 4.29. The van der Waals surface area contributed by atoms with Crippen molar-refractivity contribution in [3.63, 3.8) is 0 Å². The summed E-state index contributed by atoms with van der Waals surface area (Å²) < 4.78 is 6.12. The summed E-state index contributed by atoms with van der Waals surface area (Å²) in [6.07, 6.45) is 2.35. The average molecular weight is 288 g/mol. The van der Waals surface area contributed by atoms with E-state index in [9.17, 15) is 0 Å². The Balaban J connectivity index is 2.29. The van der Waals surface area contributed by atoms with E-state index in [1.165, 1.54) is 23.8 Å². The van der Waals surface area contributed by atoms with Gasteiger partial charge in [0.25, 0.3) is 0 Å². The van der Waals surface area contributed by atoms with Gasteiger partial charge >= 0.3 is 0 Å². The summed E-state index contributed by atoms with van der Waals surface area (Å²) in [6, 6.07) is 8.96. The first-order valence-corrected chi connectivity index (χ1v) is 8.11. The highest BCUT2D eigenvalue weighted by molar-refractivity contribution is 5.82. The Hall–Kier alpha value is -1.32. The maximum absolute atomic E-state index is 6.12. The minimum atomic E-state index is 0.616. The molecular weight excluding hydrogens is 260 g/mol. The molecule has 0 radical (unpaired) electrons. The van der Waals surface area contributed by atoms with Crippen molar-refractivity contribution in [1.82, 2.24) is 10.2 Å². The molecule has 0 aliphatic carbocycles. The fraction of sp³-hybridized carbons (Fsp3) is 0.556. The lowest BCUT2D eigenvalue weighted by Gasteiger charge is -2.25. The Labute approximate surface area is 128 Å². The van der Waals surface area contributed by atoms with E-state index >= 15 is 0 Å². The number of fused-ring (bicyclic) bond motifs is 1. The molecule has 1 heterocycles. The fourth-order valence-electron chi connectivity index (χ4n) is 2.99. The van der Waals surface area contributed by atoms with Gasteiger partial charge in [0, 0.05) is 23.5 Å². The molecule has 1 aromatic carbocycles. The van der Waals surface area contributed by atoms with Crippen LogP contribution in [0, 0.1) is 0 Å². The minimum absolute atomic E-state index is 0.616. The molecule has 21 heavy (non-hydrogen) atoms. The molecule has 0 bridgehead atoms. The molecule has 0 amide bonds. The van der Waals surface area contributed by atoms with Gasteiger partial charge in [0.2, 0.25) is 0 Å². The second kappa shape index (κ2) is 7.62. The maximum Gasteiger partial charge on any atom is 0.134 e. The van der Waals surface area contributed by atoms with Gasteiger partial charge in [-0.3, -0.25) is 4.90 Å². The van der Waals surface area contributed by atoms with E-state index in [0.717, 1.165) is 31.0 Å². The van der Waals surface area contributed by atoms with Crippen LogP contribution < -0.4 is 5.32 Å². The lowest BCUT2D eigenvalue weighted by molar-refractivity contribution is 0.206. The average Bonchev–Trinajstić information content (AvgIpc) is 2.83. The number of hydrogen-bond acceptors (Lipinski definition) is 3. The van der Waals surface area contributed by atoms with Crippen LogP contribution >= 0.6 is 0 Å². The molecule has 0 fully saturated rings. The standard InChI is InChI=1S/C18H28N2O/c1-5-14(6-2)20(4)13-18-16(12-19-7-3)15-10-8-9-11-17(15)21-18/h8-11,14,19H,5-7,12-13H2,1-4H3. The van der Waals surface area contributed by atoms with Crippen LogP contribution in [-0.2, 0) is 13.1 Å². The Morgan fingerprint density at radius 2 is 1.86 bits per heavy atom. The summed E-state index contributed by atoms with van der Waals surface area (Å²) in [5, 5.41) is 4.68. The van der Waals surface area contributed by atoms with Crippen molar-refractivity contribution in [1.29, 1.82) is 0 Å². The smallest absolute Gasteiger partial charge is 0.134 e. The maximum atomic E-state index is 6.12. The lowest BCUT2D eigenvalue weighted by Crippen LogP contribution is -2.30. The molecule has 0 aliphatic rings. The largest absolute Gasteiger partial charge is 0.459 e. The van der Waals surface area contributed by atoms with Gasteiger partial charge in [0.15, 0.2) is 0 Å². The van der Waals surface area contributed by atoms with Crippen LogP contribution in [0.2, 0.25) is 0 Å². The van der Waals surface area contributed by atoms with E-state index < -0.39 is 0 Å². The van der Waals surface area contributed by atoms with Crippen molar-refractivity contribution in [2.45, 2.75) is 52.7 Å². The second-order valence-electron chi connectivity index (χ2n) is 5.67. The summed E-state index contributed by atoms with van der Waals surface area (Å²) in [6.45, 7) is 9.37. The molecule has 116 valence electrons. The Morgan fingerprint density at radius 3 is 2.52 bits per heavy atom. The van der Waals surface area contributed by atoms with Crippen molar-refractivity contribution in [3.8, 4) is 0 Å². The molecule has 3 nitrogen and oxygen atoms in total. The first kappa shape index (κ1) is 16.1. The van der Waals surface area contributed by atoms with Crippen molar-refractivity contribution >= 4 is 11.0 Å². The lowest BCUT2D eigenvalue weighted by atomic mass is 10.1. The molecule has 0 unspecified atom stereocenters. The zero-order valence-electron chi connectivity index (χ0n) is 13.8. The van der Waals surface area contributed by atoms with E-state index in [-0.39, 0.29) is 0 Å². The summed E-state index contributed by atoms with van der Waals surface area (Å²) in [5.74, 6) is 1.10. The number of furan rings is 1. The van der Waals surface area contributed by atoms with E-state index in [1.54, 1.807) is 0 Å². The van der Waals surface area contributed by atoms with E-state index in [2.05, 4.69) is 56.2 Å². The van der Waals surface area contributed by atoms with E-state index in [1.807, 2.05) is 6.07 Å². The molecule has 3 heteroatoms. The van der Waals surface area contributed by atoms with Gasteiger partial charge in [0.1, 0.15) is 11.3 Å². The van der Waals surface area contributed by atoms with Crippen LogP contribution in [0.5, 0.6) is 0 Å². The summed E-state index contributed by atoms with van der Waals surface area (Å²) in [7, 11) is 2.20. The first-order valence-electron chi connectivity index (χ1n) is 8.11. The first-order chi connectivity index (χ1) is 10.2. The number of para-hydroxylation sites is 1. The number of hydrogen-bond donors (Lipinski definition) is 1. The van der Waals surface area contributed by atoms with Crippen LogP contribution in [0.15, 0.2) is 28.7 Å². The van der Waals surface area contributed by atoms with Gasteiger partial charge in [0.05, 0.1) is 6.54 Å². The third kappa shape index (κ3) is 3.66. The Morgan fingerprint density at radius 1 is 1.14 bits per heavy atom. The van der Waals surface area contributed by atoms with Gasteiger partial charge < -0.3 is 9.73 Å². The molecule has 0 saturated carbocycles. The van der Waals surface area contributed by atoms with Crippen molar-refractivity contribution in [2.75, 3.05) is 13.6 Å². The van der Waals surface area contributed by atoms with E-state index in [4.69, 9.17) is 4.42 Å². The summed E-state index contributed by atoms with van der Waals surface area (Å²) >= 11 is 0. The van der Waals surface area contributed by atoms with Crippen LogP contribution in [0.3, 0.4) is 0 Å². The van der Waals surface area contributed by atoms with Gasteiger partial charge in [-0.15, -0.1) is 0 Å². The van der Waals surface area contributed by atoms with Crippen LogP contribution in [0.1, 0.15) is 44.9 Å². The molecule has 1 aromatic heterocycles. The number of benzene rings is 1. The van der Waals surface area contributed by atoms with Crippen molar-refractivity contribution < 1.29 is 4.42 Å². The number of rotatable bonds is 8. The predicted octanol–water partition coefficient (Wildman–Crippen LogP) is 4.16. The van der Waals surface area contributed by atoms with Crippen LogP contribution in [0.25, 0.3) is 11.0 Å². The quantitative estimate of drug-likeness (QED) is 0.790. The van der Waals surface area contributed by atoms with Crippen LogP contribution in [-0.4, -0.2) is 24.5 Å². The Kier molecular flexibility index (Phi) is 5.83. The molecule has 0 atom stereocenters. The molecule has 0 aliphatic heterocycles. The zero-order valence-corrected chi connectivity index (χ0v) is 13.8. The highest BCUT2D eigenvalue weighted by Crippen LogP contribution is 2.27. The molecule has 2 rings (SSSR count). The van der Waals surface area contributed by atoms with Crippen molar-refractivity contribution in [2.24, 2.45) is 0 Å². The van der Waals surface area contributed by atoms with E-state index in [0.29, 0.717) is 6.04 Å². The predicted molar refractivity (Wildman–Crippen MR) is 89.4 cm³/mol. The third-order valence-corrected chi connectivity index (χ3v) is 4.29. The molecule has 2 aromatic rings. The fourth-order valence-corrected chi connectivity index (χ4v) is 2.99. The monoisotopic (exact) mass is 288 g/mol. The normalized spacial score (nSPS) is 11.9. The topological polar surface area (TPSA) is 28.4 Å². The van der Waals surface area contributed by atoms with Gasteiger partial charge in [-0.25, -0.2) is 0 Å². The van der Waals surface area contributed by atoms with Gasteiger partial charge in [-0.2, -0.15) is 0 Å². The molecule has 0 spiro atoms. The molecular formula is C18H28N2O. The summed E-state index contributed by atoms with van der Waals surface area (Å²) in [4.78, 5) is 2.41. The number of nitrogens with zero attached hydrogens (tertiary/aromatic N) is 1. The minimum Gasteiger partial charge on any atom is -0.459 e. The van der Waals surface area contributed by atoms with Gasteiger partial charge in [-0.1, -0.05) is 39.0 Å². The molecule has 0 saturated heterocycles. The number of nitrogens with one attached hydrogen (secondary N) is 1. The summed E-state index contributed by atoms with van der Waals surface area (Å²) in [5.41, 5.74) is 2.31. The SMILES string of the molecule is CCNCc1c(CN(C)C(CC)CC)oc2ccccc12. The van der Waals surface area contributed by atoms with Gasteiger partial charge in [-0.05, 0) is 32.5 Å². The highest BCUT2D eigenvalue weighted by Gasteiger charge is 2.18. The second-order valence-corrected chi connectivity index (χ2v) is 5.67. The van der Waals surface area contributed by atoms with Crippen molar-refractivity contribution in [3.05, 3.63) is 35.6 Å². The highest BCUT2D eigenvalue weighted by atomic mass is 16.3. The zero-order chi connectivity index (χ0) is 15.2. The van der Waals surface area contributed by atoms with Crippen LogP contribution in [0.4, 0.5) is 0 Å². The Bertz CT molecular complexity index is 557. The molecule has 1 N–H and O–H groups in total.